The number of hydrogen-bond acceptors (Lipinski definition) is 5. The molecule has 3 aromatic heterocycles. The summed E-state index contributed by atoms with van der Waals surface area (Å²) in [5.41, 5.74) is 2.27. The van der Waals surface area contributed by atoms with Crippen molar-refractivity contribution in [3.8, 4) is 10.8 Å². The van der Waals surface area contributed by atoms with E-state index in [4.69, 9.17) is 4.42 Å². The van der Waals surface area contributed by atoms with Crippen LogP contribution in [0.25, 0.3) is 10.8 Å². The minimum Gasteiger partial charge on any atom is -0.462 e. The SMILES string of the molecule is CN(Cc1cnn(C)c1)Cc1csc(-c2ccco2)n1. The van der Waals surface area contributed by atoms with Crippen molar-refractivity contribution in [3.63, 3.8) is 0 Å². The summed E-state index contributed by atoms with van der Waals surface area (Å²) in [7, 11) is 4.01. The number of rotatable bonds is 5. The van der Waals surface area contributed by atoms with E-state index in [-0.39, 0.29) is 0 Å². The molecule has 0 saturated heterocycles. The Kier molecular flexibility index (Phi) is 3.66. The summed E-state index contributed by atoms with van der Waals surface area (Å²) < 4.78 is 7.18. The van der Waals surface area contributed by atoms with E-state index >= 15 is 0 Å². The molecule has 0 aliphatic rings. The maximum Gasteiger partial charge on any atom is 0.162 e. The Labute approximate surface area is 121 Å². The van der Waals surface area contributed by atoms with E-state index in [9.17, 15) is 0 Å². The third kappa shape index (κ3) is 2.97. The first kappa shape index (κ1) is 13.1. The van der Waals surface area contributed by atoms with Crippen molar-refractivity contribution in [2.75, 3.05) is 7.05 Å². The van der Waals surface area contributed by atoms with Gasteiger partial charge in [0.2, 0.25) is 0 Å². The summed E-state index contributed by atoms with van der Waals surface area (Å²) in [5.74, 6) is 0.830. The van der Waals surface area contributed by atoms with Crippen LogP contribution in [0.4, 0.5) is 0 Å². The van der Waals surface area contributed by atoms with Crippen LogP contribution in [0, 0.1) is 0 Å². The van der Waals surface area contributed by atoms with Gasteiger partial charge in [0.05, 0.1) is 18.2 Å². The molecule has 5 nitrogen and oxygen atoms in total. The predicted octanol–water partition coefficient (Wildman–Crippen LogP) is 2.77. The van der Waals surface area contributed by atoms with Crippen molar-refractivity contribution < 1.29 is 4.42 Å². The van der Waals surface area contributed by atoms with Gasteiger partial charge in [0.15, 0.2) is 10.8 Å². The van der Waals surface area contributed by atoms with E-state index in [1.54, 1.807) is 17.6 Å². The monoisotopic (exact) mass is 288 g/mol. The van der Waals surface area contributed by atoms with Crippen molar-refractivity contribution >= 4 is 11.3 Å². The van der Waals surface area contributed by atoms with Crippen molar-refractivity contribution in [1.82, 2.24) is 19.7 Å². The van der Waals surface area contributed by atoms with Crippen LogP contribution in [-0.2, 0) is 20.1 Å². The quantitative estimate of drug-likeness (QED) is 0.724. The Balaban J connectivity index is 1.63. The van der Waals surface area contributed by atoms with E-state index in [0.717, 1.165) is 29.6 Å². The first-order chi connectivity index (χ1) is 9.70. The van der Waals surface area contributed by atoms with Gasteiger partial charge in [-0.2, -0.15) is 5.10 Å². The number of nitrogens with zero attached hydrogens (tertiary/aromatic N) is 4. The summed E-state index contributed by atoms with van der Waals surface area (Å²) in [6, 6.07) is 3.81. The molecule has 0 N–H and O–H groups in total. The lowest BCUT2D eigenvalue weighted by molar-refractivity contribution is 0.316. The molecule has 0 atom stereocenters. The van der Waals surface area contributed by atoms with Crippen molar-refractivity contribution in [2.24, 2.45) is 7.05 Å². The average Bonchev–Trinajstić information content (AvgIpc) is 3.10. The fourth-order valence-electron chi connectivity index (χ4n) is 2.09. The van der Waals surface area contributed by atoms with Gasteiger partial charge in [0, 0.05) is 37.3 Å². The fourth-order valence-corrected chi connectivity index (χ4v) is 2.87. The highest BCUT2D eigenvalue weighted by Crippen LogP contribution is 2.24. The molecule has 20 heavy (non-hydrogen) atoms. The van der Waals surface area contributed by atoms with Crippen LogP contribution in [0.5, 0.6) is 0 Å². The highest BCUT2D eigenvalue weighted by molar-refractivity contribution is 7.13. The highest BCUT2D eigenvalue weighted by Gasteiger charge is 2.09. The van der Waals surface area contributed by atoms with Crippen LogP contribution in [0.2, 0.25) is 0 Å². The topological polar surface area (TPSA) is 47.1 Å². The molecule has 0 saturated carbocycles. The van der Waals surface area contributed by atoms with E-state index in [1.165, 1.54) is 5.56 Å². The fraction of sp³-hybridized carbons (Fsp3) is 0.286. The van der Waals surface area contributed by atoms with Crippen LogP contribution in [0.3, 0.4) is 0 Å². The molecular formula is C14H16N4OS. The number of furan rings is 1. The molecule has 0 aliphatic heterocycles. The maximum absolute atomic E-state index is 5.36. The molecule has 3 heterocycles. The second-order valence-corrected chi connectivity index (χ2v) is 5.67. The second kappa shape index (κ2) is 5.60. The second-order valence-electron chi connectivity index (χ2n) is 4.82. The summed E-state index contributed by atoms with van der Waals surface area (Å²) in [6.45, 7) is 1.67. The zero-order chi connectivity index (χ0) is 13.9. The van der Waals surface area contributed by atoms with Gasteiger partial charge < -0.3 is 4.42 Å². The molecule has 0 amide bonds. The minimum atomic E-state index is 0.812. The van der Waals surface area contributed by atoms with Gasteiger partial charge in [-0.3, -0.25) is 9.58 Å². The predicted molar refractivity (Wildman–Crippen MR) is 78.2 cm³/mol. The summed E-state index contributed by atoms with van der Waals surface area (Å²) in [5, 5.41) is 7.19. The third-order valence-corrected chi connectivity index (χ3v) is 3.83. The molecule has 6 heteroatoms. The Morgan fingerprint density at radius 1 is 1.40 bits per heavy atom. The van der Waals surface area contributed by atoms with Crippen molar-refractivity contribution in [2.45, 2.75) is 13.1 Å². The van der Waals surface area contributed by atoms with Gasteiger partial charge in [-0.1, -0.05) is 0 Å². The minimum absolute atomic E-state index is 0.812. The first-order valence-corrected chi connectivity index (χ1v) is 7.23. The normalized spacial score (nSPS) is 11.3. The van der Waals surface area contributed by atoms with Gasteiger partial charge in [-0.05, 0) is 19.2 Å². The molecule has 3 aromatic rings. The zero-order valence-corrected chi connectivity index (χ0v) is 12.3. The Bertz CT molecular complexity index is 671. The smallest absolute Gasteiger partial charge is 0.162 e. The lowest BCUT2D eigenvalue weighted by atomic mass is 10.3. The van der Waals surface area contributed by atoms with Crippen molar-refractivity contribution in [1.29, 1.82) is 0 Å². The maximum atomic E-state index is 5.36. The summed E-state index contributed by atoms with van der Waals surface area (Å²) >= 11 is 1.61. The van der Waals surface area contributed by atoms with Crippen LogP contribution < -0.4 is 0 Å². The average molecular weight is 288 g/mol. The van der Waals surface area contributed by atoms with Gasteiger partial charge in [0.1, 0.15) is 0 Å². The van der Waals surface area contributed by atoms with E-state index in [1.807, 2.05) is 36.3 Å². The van der Waals surface area contributed by atoms with Gasteiger partial charge in [-0.15, -0.1) is 11.3 Å². The number of aromatic nitrogens is 3. The molecule has 0 aliphatic carbocycles. The largest absolute Gasteiger partial charge is 0.462 e. The lowest BCUT2D eigenvalue weighted by Gasteiger charge is -2.13. The third-order valence-electron chi connectivity index (χ3n) is 2.93. The molecular weight excluding hydrogens is 272 g/mol. The molecule has 104 valence electrons. The van der Waals surface area contributed by atoms with E-state index in [2.05, 4.69) is 27.4 Å². The molecule has 0 fully saturated rings. The van der Waals surface area contributed by atoms with Crippen molar-refractivity contribution in [3.05, 3.63) is 47.4 Å². The Morgan fingerprint density at radius 2 is 2.30 bits per heavy atom. The Hall–Kier alpha value is -1.92. The standard InChI is InChI=1S/C14H16N4OS/c1-17(7-11-6-15-18(2)8-11)9-12-10-20-14(16-12)13-4-3-5-19-13/h3-6,8,10H,7,9H2,1-2H3. The molecule has 0 unspecified atom stereocenters. The molecule has 3 rings (SSSR count). The molecule has 0 bridgehead atoms. The van der Waals surface area contributed by atoms with Crippen LogP contribution in [-0.4, -0.2) is 26.7 Å². The Morgan fingerprint density at radius 3 is 3.00 bits per heavy atom. The summed E-state index contributed by atoms with van der Waals surface area (Å²) in [4.78, 5) is 6.82. The van der Waals surface area contributed by atoms with Crippen LogP contribution in [0.1, 0.15) is 11.3 Å². The molecule has 0 spiro atoms. The number of thiazole rings is 1. The number of aryl methyl sites for hydroxylation is 1. The van der Waals surface area contributed by atoms with E-state index < -0.39 is 0 Å². The zero-order valence-electron chi connectivity index (χ0n) is 11.5. The van der Waals surface area contributed by atoms with Gasteiger partial charge in [0.25, 0.3) is 0 Å². The van der Waals surface area contributed by atoms with Gasteiger partial charge >= 0.3 is 0 Å². The van der Waals surface area contributed by atoms with Gasteiger partial charge in [-0.25, -0.2) is 4.98 Å². The van der Waals surface area contributed by atoms with Crippen LogP contribution >= 0.6 is 11.3 Å². The lowest BCUT2D eigenvalue weighted by Crippen LogP contribution is -2.17. The molecule has 0 radical (unpaired) electrons. The highest BCUT2D eigenvalue weighted by atomic mass is 32.1. The van der Waals surface area contributed by atoms with Crippen LogP contribution in [0.15, 0.2) is 40.6 Å². The first-order valence-electron chi connectivity index (χ1n) is 6.35. The number of hydrogen-bond donors (Lipinski definition) is 0. The van der Waals surface area contributed by atoms with E-state index in [0.29, 0.717) is 0 Å². The molecule has 0 aromatic carbocycles. The summed E-state index contributed by atoms with van der Waals surface area (Å²) in [6.07, 6.45) is 5.60.